The van der Waals surface area contributed by atoms with Crippen LogP contribution >= 0.6 is 15.9 Å². The van der Waals surface area contributed by atoms with Crippen molar-refractivity contribution in [3.63, 3.8) is 0 Å². The molecule has 12 heavy (non-hydrogen) atoms. The fourth-order valence-corrected chi connectivity index (χ4v) is 0.958. The molecule has 0 fully saturated rings. The molecule has 0 aromatic carbocycles. The van der Waals surface area contributed by atoms with Gasteiger partial charge in [-0.3, -0.25) is 4.98 Å². The first kappa shape index (κ1) is 4.13. The van der Waals surface area contributed by atoms with Gasteiger partial charge in [-0.1, -0.05) is 0 Å². The maximum Gasteiger partial charge on any atom is 0.157 e. The number of rotatable bonds is 1. The van der Waals surface area contributed by atoms with Crippen molar-refractivity contribution in [3.8, 4) is 11.5 Å². The van der Waals surface area contributed by atoms with Gasteiger partial charge >= 0.3 is 0 Å². The number of nitrogens with one attached hydrogen (secondary N) is 1. The van der Waals surface area contributed by atoms with Crippen molar-refractivity contribution in [1.29, 1.82) is 0 Å². The molecule has 60 valence electrons. The molecular formula is C7H5BrN4. The number of hydrogen-bond donors (Lipinski definition) is 1. The lowest BCUT2D eigenvalue weighted by Crippen LogP contribution is -1.87. The third kappa shape index (κ3) is 1.35. The Bertz CT molecular complexity index is 536. The van der Waals surface area contributed by atoms with E-state index in [4.69, 9.17) is 5.48 Å². The summed E-state index contributed by atoms with van der Waals surface area (Å²) in [6.45, 7) is 0. The maximum absolute atomic E-state index is 7.53. The van der Waals surface area contributed by atoms with E-state index in [0.717, 1.165) is 0 Å². The fraction of sp³-hybridized carbons (Fsp3) is 0. The molecule has 0 spiro atoms. The molecule has 2 rings (SSSR count). The van der Waals surface area contributed by atoms with Gasteiger partial charge in [-0.15, -0.1) is 0 Å². The second-order valence-corrected chi connectivity index (χ2v) is 2.66. The van der Waals surface area contributed by atoms with Crippen molar-refractivity contribution >= 4 is 15.9 Å². The largest absolute Gasteiger partial charge is 0.343 e. The van der Waals surface area contributed by atoms with Crippen LogP contribution in [0.25, 0.3) is 11.5 Å². The summed E-state index contributed by atoms with van der Waals surface area (Å²) in [5.41, 5.74) is 0.106. The van der Waals surface area contributed by atoms with E-state index in [1.54, 1.807) is 0 Å². The zero-order chi connectivity index (χ0) is 11.9. The zero-order valence-electron chi connectivity index (χ0n) is 9.72. The highest BCUT2D eigenvalue weighted by molar-refractivity contribution is 9.10. The molecule has 4 nitrogen and oxygen atoms in total. The molecule has 5 heteroatoms. The maximum atomic E-state index is 7.53. The number of halogens is 1. The van der Waals surface area contributed by atoms with E-state index in [0.29, 0.717) is 0 Å². The molecule has 0 atom stereocenters. The van der Waals surface area contributed by atoms with Crippen LogP contribution in [0.2, 0.25) is 0 Å². The van der Waals surface area contributed by atoms with Crippen LogP contribution in [0.3, 0.4) is 0 Å². The minimum atomic E-state index is -0.220. The lowest BCUT2D eigenvalue weighted by Gasteiger charge is -1.94. The van der Waals surface area contributed by atoms with Gasteiger partial charge in [-0.25, -0.2) is 9.97 Å². The topological polar surface area (TPSA) is 54.5 Å². The number of hydrogen-bond acceptors (Lipinski definition) is 3. The number of nitrogens with zero attached hydrogens (tertiary/aromatic N) is 3. The summed E-state index contributed by atoms with van der Waals surface area (Å²) in [5, 5.41) is 0. The summed E-state index contributed by atoms with van der Waals surface area (Å²) in [4.78, 5) is 13.8. The molecule has 2 aromatic rings. The second-order valence-electron chi connectivity index (χ2n) is 1.91. The van der Waals surface area contributed by atoms with Gasteiger partial charge < -0.3 is 4.98 Å². The Balaban J connectivity index is 2.60. The first-order valence-electron chi connectivity index (χ1n) is 5.03. The fourth-order valence-electron chi connectivity index (χ4n) is 0.692. The van der Waals surface area contributed by atoms with E-state index in [2.05, 4.69) is 35.9 Å². The van der Waals surface area contributed by atoms with E-state index >= 15 is 0 Å². The third-order valence-corrected chi connectivity index (χ3v) is 1.50. The lowest BCUT2D eigenvalue weighted by atomic mass is 10.4. The monoisotopic (exact) mass is 228 g/mol. The van der Waals surface area contributed by atoms with Gasteiger partial charge in [0, 0.05) is 12.3 Å². The Hall–Kier alpha value is -1.23. The summed E-state index contributed by atoms with van der Waals surface area (Å²) in [6.07, 6.45) is -0.732. The van der Waals surface area contributed by atoms with Crippen molar-refractivity contribution < 1.29 is 5.48 Å². The van der Waals surface area contributed by atoms with E-state index in [9.17, 15) is 0 Å². The third-order valence-electron chi connectivity index (χ3n) is 1.15. The van der Waals surface area contributed by atoms with Gasteiger partial charge in [-0.2, -0.15) is 0 Å². The average molecular weight is 229 g/mol. The van der Waals surface area contributed by atoms with E-state index < -0.39 is 0 Å². The van der Waals surface area contributed by atoms with Crippen LogP contribution in [0.15, 0.2) is 29.3 Å². The first-order valence-corrected chi connectivity index (χ1v) is 3.82. The van der Waals surface area contributed by atoms with Gasteiger partial charge in [0.15, 0.2) is 5.82 Å². The highest BCUT2D eigenvalue weighted by Gasteiger charge is 2.00. The van der Waals surface area contributed by atoms with Gasteiger partial charge in [0.2, 0.25) is 0 Å². The molecule has 0 saturated heterocycles. The molecule has 0 bridgehead atoms. The smallest absolute Gasteiger partial charge is 0.157 e. The normalized spacial score (nSPS) is 14.8. The molecule has 0 aliphatic carbocycles. The van der Waals surface area contributed by atoms with Crippen molar-refractivity contribution in [3.05, 3.63) is 29.3 Å². The van der Waals surface area contributed by atoms with Crippen LogP contribution in [0.1, 0.15) is 5.48 Å². The minimum Gasteiger partial charge on any atom is -0.343 e. The summed E-state index contributed by atoms with van der Waals surface area (Å²) in [5.74, 6) is 0.133. The van der Waals surface area contributed by atoms with E-state index in [1.807, 2.05) is 0 Å². The SMILES string of the molecule is [2H]c1nc([2H])c(-c2nc([2H])c([2H])[nH]2)nc1Br. The Labute approximate surface area is 82.8 Å². The number of imidazole rings is 1. The molecule has 0 unspecified atom stereocenters. The highest BCUT2D eigenvalue weighted by Crippen LogP contribution is 2.12. The molecule has 0 aliphatic heterocycles. The second kappa shape index (κ2) is 3.02. The predicted octanol–water partition coefficient (Wildman–Crippen LogP) is 1.63. The Kier molecular flexibility index (Phi) is 1.04. The van der Waals surface area contributed by atoms with Gasteiger partial charge in [-0.05, 0) is 15.9 Å². The summed E-state index contributed by atoms with van der Waals surface area (Å²) in [7, 11) is 0. The number of H-pyrrole nitrogens is 1. The van der Waals surface area contributed by atoms with Crippen LogP contribution in [0.4, 0.5) is 0 Å². The van der Waals surface area contributed by atoms with Gasteiger partial charge in [0.1, 0.15) is 10.3 Å². The zero-order valence-corrected chi connectivity index (χ0v) is 7.31. The number of aromatic nitrogens is 4. The van der Waals surface area contributed by atoms with Crippen LogP contribution < -0.4 is 0 Å². The minimum absolute atomic E-state index is 0.106. The van der Waals surface area contributed by atoms with Crippen LogP contribution in [0, 0.1) is 0 Å². The van der Waals surface area contributed by atoms with E-state index in [-0.39, 0.29) is 40.8 Å². The molecule has 2 aromatic heterocycles. The standard InChI is InChI=1S/C7H5BrN4/c8-6-4-9-3-5(12-6)7-10-1-2-11-7/h1-4H,(H,10,11)/i1D,2D,3D,4D. The van der Waals surface area contributed by atoms with Crippen molar-refractivity contribution in [2.24, 2.45) is 0 Å². The molecule has 1 N–H and O–H groups in total. The Morgan fingerprint density at radius 1 is 1.50 bits per heavy atom. The molecule has 0 aliphatic rings. The molecular weight excluding hydrogens is 220 g/mol. The summed E-state index contributed by atoms with van der Waals surface area (Å²) in [6, 6.07) is 0. The quantitative estimate of drug-likeness (QED) is 0.808. The Morgan fingerprint density at radius 3 is 3.17 bits per heavy atom. The van der Waals surface area contributed by atoms with Crippen LogP contribution in [0.5, 0.6) is 0 Å². The molecule has 0 amide bonds. The van der Waals surface area contributed by atoms with Crippen molar-refractivity contribution in [1.82, 2.24) is 19.9 Å². The molecule has 0 radical (unpaired) electrons. The van der Waals surface area contributed by atoms with Crippen molar-refractivity contribution in [2.45, 2.75) is 0 Å². The van der Waals surface area contributed by atoms with Crippen LogP contribution in [-0.2, 0) is 0 Å². The predicted molar refractivity (Wildman–Crippen MR) is 47.3 cm³/mol. The lowest BCUT2D eigenvalue weighted by molar-refractivity contribution is 1.13. The highest BCUT2D eigenvalue weighted by atomic mass is 79.9. The van der Waals surface area contributed by atoms with Crippen molar-refractivity contribution in [2.75, 3.05) is 0 Å². The molecule has 2 heterocycles. The molecule has 0 saturated carbocycles. The van der Waals surface area contributed by atoms with Crippen LogP contribution in [-0.4, -0.2) is 19.9 Å². The van der Waals surface area contributed by atoms with E-state index in [1.165, 1.54) is 0 Å². The number of aromatic amines is 1. The average Bonchev–Trinajstić information content (AvgIpc) is 2.53. The van der Waals surface area contributed by atoms with Gasteiger partial charge in [0.25, 0.3) is 0 Å². The first-order chi connectivity index (χ1) is 7.49. The summed E-state index contributed by atoms with van der Waals surface area (Å²) >= 11 is 3.02. The Morgan fingerprint density at radius 2 is 2.42 bits per heavy atom. The van der Waals surface area contributed by atoms with Gasteiger partial charge in [0.05, 0.1) is 17.8 Å². The summed E-state index contributed by atoms with van der Waals surface area (Å²) < 4.78 is 29.6.